The van der Waals surface area contributed by atoms with E-state index in [1.165, 1.54) is 24.2 Å². The topological polar surface area (TPSA) is 0 Å². The van der Waals surface area contributed by atoms with Crippen LogP contribution in [0.2, 0.25) is 24.2 Å². The smallest absolute Gasteiger partial charge is 0.0546 e. The third kappa shape index (κ3) is 8.72. The Kier molecular flexibility index (Phi) is 8.17. The molecule has 0 aromatic heterocycles. The first-order valence-corrected chi connectivity index (χ1v) is 12.4. The lowest BCUT2D eigenvalue weighted by Crippen LogP contribution is -2.35. The van der Waals surface area contributed by atoms with E-state index in [1.807, 2.05) is 0 Å². The summed E-state index contributed by atoms with van der Waals surface area (Å²) in [4.78, 5) is 0. The molecule has 0 fully saturated rings. The molecule has 0 saturated heterocycles. The Labute approximate surface area is 132 Å². The summed E-state index contributed by atoms with van der Waals surface area (Å²) in [5.74, 6) is 0. The first-order chi connectivity index (χ1) is 8.47. The maximum absolute atomic E-state index is 2.43. The van der Waals surface area contributed by atoms with Gasteiger partial charge in [0.25, 0.3) is 0 Å². The predicted molar refractivity (Wildman–Crippen MR) is 100 cm³/mol. The molecule has 0 aliphatic heterocycles. The molecular formula is C16H36S2Si. The molecular weight excluding hydrogens is 284 g/mol. The summed E-state index contributed by atoms with van der Waals surface area (Å²) in [6.07, 6.45) is 0. The minimum atomic E-state index is -1.02. The van der Waals surface area contributed by atoms with E-state index in [0.717, 1.165) is 4.58 Å². The van der Waals surface area contributed by atoms with Gasteiger partial charge >= 0.3 is 0 Å². The first kappa shape index (κ1) is 19.9. The number of hydrogen-bond acceptors (Lipinski definition) is 2. The van der Waals surface area contributed by atoms with E-state index >= 15 is 0 Å². The van der Waals surface area contributed by atoms with Crippen molar-refractivity contribution in [3.8, 4) is 0 Å². The maximum Gasteiger partial charge on any atom is 0.0546 e. The molecule has 0 aromatic rings. The molecule has 0 atom stereocenters. The monoisotopic (exact) mass is 320 g/mol. The molecule has 0 unspecified atom stereocenters. The van der Waals surface area contributed by atoms with Gasteiger partial charge in [0.1, 0.15) is 0 Å². The maximum atomic E-state index is 2.43. The molecule has 0 saturated carbocycles. The van der Waals surface area contributed by atoms with Gasteiger partial charge in [0.05, 0.1) is 8.07 Å². The lowest BCUT2D eigenvalue weighted by atomic mass is 10.3. The fourth-order valence-electron chi connectivity index (χ4n) is 2.43. The Morgan fingerprint density at radius 2 is 1.05 bits per heavy atom. The molecule has 0 rings (SSSR count). The molecule has 3 heteroatoms. The van der Waals surface area contributed by atoms with Gasteiger partial charge in [-0.1, -0.05) is 80.4 Å². The Hall–Kier alpha value is 0.917. The van der Waals surface area contributed by atoms with Gasteiger partial charge in [-0.25, -0.2) is 0 Å². The van der Waals surface area contributed by atoms with Gasteiger partial charge in [0.15, 0.2) is 0 Å². The fraction of sp³-hybridized carbons (Fsp3) is 1.00. The minimum Gasteiger partial charge on any atom is -0.142 e. The van der Waals surface area contributed by atoms with Crippen LogP contribution >= 0.6 is 23.5 Å². The molecule has 0 bridgehead atoms. The third-order valence-electron chi connectivity index (χ3n) is 3.82. The zero-order valence-electron chi connectivity index (χ0n) is 14.7. The van der Waals surface area contributed by atoms with E-state index in [4.69, 9.17) is 0 Å². The van der Waals surface area contributed by atoms with Gasteiger partial charge in [0, 0.05) is 14.1 Å². The summed E-state index contributed by atoms with van der Waals surface area (Å²) < 4.78 is 1.52. The Morgan fingerprint density at radius 1 is 0.737 bits per heavy atom. The Morgan fingerprint density at radius 3 is 1.26 bits per heavy atom. The molecule has 0 aliphatic rings. The van der Waals surface area contributed by atoms with E-state index in [1.54, 1.807) is 0 Å². The van der Waals surface area contributed by atoms with Crippen LogP contribution in [0, 0.1) is 0 Å². The summed E-state index contributed by atoms with van der Waals surface area (Å²) in [6.45, 7) is 21.5. The van der Waals surface area contributed by atoms with E-state index in [9.17, 15) is 0 Å². The summed E-state index contributed by atoms with van der Waals surface area (Å²) in [7, 11) is -1.02. The fourth-order valence-corrected chi connectivity index (χ4v) is 11.8. The van der Waals surface area contributed by atoms with E-state index in [-0.39, 0.29) is 0 Å². The highest BCUT2D eigenvalue weighted by Gasteiger charge is 2.34. The van der Waals surface area contributed by atoms with Crippen LogP contribution in [0.5, 0.6) is 0 Å². The first-order valence-electron chi connectivity index (χ1n) is 7.82. The van der Waals surface area contributed by atoms with Crippen molar-refractivity contribution < 1.29 is 0 Å². The summed E-state index contributed by atoms with van der Waals surface area (Å²) in [6, 6.07) is 5.84. The average Bonchev–Trinajstić information content (AvgIpc) is 2.21. The van der Waals surface area contributed by atoms with Crippen molar-refractivity contribution in [3.63, 3.8) is 0 Å². The zero-order chi connectivity index (χ0) is 15.3. The quantitative estimate of drug-likeness (QED) is 0.370. The van der Waals surface area contributed by atoms with Crippen molar-refractivity contribution in [2.75, 3.05) is 0 Å². The molecule has 116 valence electrons. The number of hydrogen-bond donors (Lipinski definition) is 0. The molecule has 19 heavy (non-hydrogen) atoms. The van der Waals surface area contributed by atoms with Gasteiger partial charge in [-0.05, 0) is 6.04 Å². The lowest BCUT2D eigenvalue weighted by molar-refractivity contribution is 0.791. The second kappa shape index (κ2) is 7.79. The highest BCUT2D eigenvalue weighted by Crippen LogP contribution is 2.45. The van der Waals surface area contributed by atoms with Crippen LogP contribution in [0.25, 0.3) is 0 Å². The molecule has 0 amide bonds. The zero-order valence-corrected chi connectivity index (χ0v) is 17.4. The average molecular weight is 321 g/mol. The highest BCUT2D eigenvalue weighted by atomic mass is 32.2. The standard InChI is InChI=1S/C16H36S2Si/c1-10-19(11-2,12-3)13-14(17-15(4,5)6)18-16(7,8)9/h14H,10-13H2,1-9H3. The van der Waals surface area contributed by atoms with Gasteiger partial charge < -0.3 is 0 Å². The van der Waals surface area contributed by atoms with E-state index in [0.29, 0.717) is 9.49 Å². The Bertz CT molecular complexity index is 222. The van der Waals surface area contributed by atoms with Crippen molar-refractivity contribution in [3.05, 3.63) is 0 Å². The second-order valence-corrected chi connectivity index (χ2v) is 17.5. The normalized spacial score (nSPS) is 14.2. The number of thioether (sulfide) groups is 2. The molecule has 0 aromatic carbocycles. The van der Waals surface area contributed by atoms with Crippen molar-refractivity contribution in [1.82, 2.24) is 0 Å². The molecule has 0 spiro atoms. The van der Waals surface area contributed by atoms with E-state index in [2.05, 4.69) is 85.8 Å². The van der Waals surface area contributed by atoms with Crippen LogP contribution < -0.4 is 0 Å². The van der Waals surface area contributed by atoms with Crippen molar-refractivity contribution in [2.45, 2.75) is 101 Å². The van der Waals surface area contributed by atoms with Crippen molar-refractivity contribution >= 4 is 31.6 Å². The molecule has 0 N–H and O–H groups in total. The number of rotatable bonds is 7. The summed E-state index contributed by atoms with van der Waals surface area (Å²) in [5.41, 5.74) is 0. The van der Waals surface area contributed by atoms with Crippen LogP contribution in [0.3, 0.4) is 0 Å². The van der Waals surface area contributed by atoms with Gasteiger partial charge in [0.2, 0.25) is 0 Å². The van der Waals surface area contributed by atoms with Crippen LogP contribution in [0.1, 0.15) is 62.3 Å². The molecule has 0 nitrogen and oxygen atoms in total. The van der Waals surface area contributed by atoms with Crippen molar-refractivity contribution in [1.29, 1.82) is 0 Å². The Balaban J connectivity index is 4.93. The highest BCUT2D eigenvalue weighted by molar-refractivity contribution is 8.18. The van der Waals surface area contributed by atoms with Crippen molar-refractivity contribution in [2.24, 2.45) is 0 Å². The summed E-state index contributed by atoms with van der Waals surface area (Å²) in [5, 5.41) is 0. The summed E-state index contributed by atoms with van der Waals surface area (Å²) >= 11 is 4.40. The predicted octanol–water partition coefficient (Wildman–Crippen LogP) is 6.88. The van der Waals surface area contributed by atoms with Gasteiger partial charge in [-0.15, -0.1) is 23.5 Å². The minimum absolute atomic E-state index is 0.373. The van der Waals surface area contributed by atoms with Crippen LogP contribution in [0.4, 0.5) is 0 Å². The van der Waals surface area contributed by atoms with Crippen LogP contribution in [-0.4, -0.2) is 22.1 Å². The second-order valence-electron chi connectivity index (χ2n) is 7.65. The van der Waals surface area contributed by atoms with Gasteiger partial charge in [-0.3, -0.25) is 0 Å². The molecule has 0 heterocycles. The van der Waals surface area contributed by atoms with Gasteiger partial charge in [-0.2, -0.15) is 0 Å². The largest absolute Gasteiger partial charge is 0.142 e. The van der Waals surface area contributed by atoms with E-state index < -0.39 is 8.07 Å². The third-order valence-corrected chi connectivity index (χ3v) is 13.0. The van der Waals surface area contributed by atoms with Crippen LogP contribution in [-0.2, 0) is 0 Å². The SMILES string of the molecule is CC[Si](CC)(CC)CC(SC(C)(C)C)SC(C)(C)C. The van der Waals surface area contributed by atoms with Crippen LogP contribution in [0.15, 0.2) is 0 Å². The molecule has 0 radical (unpaired) electrons. The lowest BCUT2D eigenvalue weighted by Gasteiger charge is -2.37. The molecule has 0 aliphatic carbocycles.